The molecule has 2 aliphatic rings. The molecule has 0 bridgehead atoms. The first-order valence-electron chi connectivity index (χ1n) is 8.79. The SMILES string of the molecule is Cc1cc(N2CCCOCC2C2=CC=C(CS(C)(=O)=O)CC2=O)nc(N)n1. The first-order valence-corrected chi connectivity index (χ1v) is 10.8. The fraction of sp³-hybridized carbons (Fsp3) is 0.500. The topological polar surface area (TPSA) is 115 Å². The van der Waals surface area contributed by atoms with Crippen LogP contribution >= 0.6 is 0 Å². The highest BCUT2D eigenvalue weighted by molar-refractivity contribution is 7.90. The molecule has 146 valence electrons. The molecule has 8 nitrogen and oxygen atoms in total. The number of nitrogen functional groups attached to an aromatic ring is 1. The largest absolute Gasteiger partial charge is 0.379 e. The normalized spacial score (nSPS) is 21.5. The number of ketones is 1. The lowest BCUT2D eigenvalue weighted by atomic mass is 9.92. The van der Waals surface area contributed by atoms with Gasteiger partial charge in [-0.25, -0.2) is 13.4 Å². The van der Waals surface area contributed by atoms with Crippen molar-refractivity contribution in [1.82, 2.24) is 9.97 Å². The standard InChI is InChI=1S/C18H24N4O4S/c1-12-8-17(21-18(19)20-12)22-6-3-7-26-10-15(22)14-5-4-13(9-16(14)23)11-27(2,24)25/h4-5,8,15H,3,6-7,9-11H2,1-2H3,(H2,19,20,21). The van der Waals surface area contributed by atoms with Crippen LogP contribution in [0, 0.1) is 6.92 Å². The van der Waals surface area contributed by atoms with Gasteiger partial charge in [0, 0.05) is 43.2 Å². The van der Waals surface area contributed by atoms with Crippen molar-refractivity contribution in [3.8, 4) is 0 Å². The second-order valence-corrected chi connectivity index (χ2v) is 9.12. The van der Waals surface area contributed by atoms with E-state index in [1.807, 2.05) is 17.9 Å². The van der Waals surface area contributed by atoms with Crippen LogP contribution in [0.2, 0.25) is 0 Å². The Labute approximate surface area is 159 Å². The molecule has 1 unspecified atom stereocenters. The number of anilines is 2. The van der Waals surface area contributed by atoms with Crippen LogP contribution in [0.3, 0.4) is 0 Å². The van der Waals surface area contributed by atoms with E-state index < -0.39 is 9.84 Å². The Morgan fingerprint density at radius 3 is 2.78 bits per heavy atom. The van der Waals surface area contributed by atoms with Gasteiger partial charge in [0.25, 0.3) is 0 Å². The van der Waals surface area contributed by atoms with Crippen LogP contribution in [0.1, 0.15) is 18.5 Å². The lowest BCUT2D eigenvalue weighted by Gasteiger charge is -2.32. The molecule has 1 aliphatic heterocycles. The highest BCUT2D eigenvalue weighted by Gasteiger charge is 2.31. The number of Topliss-reactive ketones (excluding diaryl/α,β-unsaturated/α-hetero) is 1. The van der Waals surface area contributed by atoms with E-state index >= 15 is 0 Å². The van der Waals surface area contributed by atoms with Crippen LogP contribution in [0.5, 0.6) is 0 Å². The average Bonchev–Trinajstić information content (AvgIpc) is 2.78. The molecular weight excluding hydrogens is 368 g/mol. The summed E-state index contributed by atoms with van der Waals surface area (Å²) in [6.07, 6.45) is 5.53. The third kappa shape index (κ3) is 4.92. The highest BCUT2D eigenvalue weighted by atomic mass is 32.2. The van der Waals surface area contributed by atoms with Crippen molar-refractivity contribution < 1.29 is 17.9 Å². The third-order valence-corrected chi connectivity index (χ3v) is 5.40. The van der Waals surface area contributed by atoms with Crippen molar-refractivity contribution in [2.75, 3.05) is 42.4 Å². The van der Waals surface area contributed by atoms with Crippen LogP contribution in [-0.2, 0) is 19.4 Å². The number of aromatic nitrogens is 2. The number of hydrogen-bond donors (Lipinski definition) is 1. The van der Waals surface area contributed by atoms with Gasteiger partial charge in [-0.3, -0.25) is 4.79 Å². The molecular formula is C18H24N4O4S. The van der Waals surface area contributed by atoms with E-state index in [9.17, 15) is 13.2 Å². The molecule has 0 aromatic carbocycles. The molecule has 1 aromatic heterocycles. The van der Waals surface area contributed by atoms with Gasteiger partial charge in [0.15, 0.2) is 15.6 Å². The minimum Gasteiger partial charge on any atom is -0.379 e. The molecule has 9 heteroatoms. The zero-order valence-corrected chi connectivity index (χ0v) is 16.3. The summed E-state index contributed by atoms with van der Waals surface area (Å²) in [6, 6.07) is 1.54. The number of allylic oxidation sites excluding steroid dienone is 2. The molecule has 1 aromatic rings. The quantitative estimate of drug-likeness (QED) is 0.801. The zero-order valence-electron chi connectivity index (χ0n) is 15.5. The first-order chi connectivity index (χ1) is 12.7. The summed E-state index contributed by atoms with van der Waals surface area (Å²) in [4.78, 5) is 23.2. The Bertz CT molecular complexity index is 888. The number of carbonyl (C=O) groups excluding carboxylic acids is 1. The van der Waals surface area contributed by atoms with Crippen LogP contribution < -0.4 is 10.6 Å². The Morgan fingerprint density at radius 1 is 1.33 bits per heavy atom. The second kappa shape index (κ2) is 7.77. The fourth-order valence-corrected chi connectivity index (χ4v) is 4.30. The number of nitrogens with two attached hydrogens (primary N) is 1. The van der Waals surface area contributed by atoms with Gasteiger partial charge < -0.3 is 15.4 Å². The predicted octanol–water partition coefficient (Wildman–Crippen LogP) is 0.833. The molecule has 1 saturated heterocycles. The summed E-state index contributed by atoms with van der Waals surface area (Å²) in [6.45, 7) is 3.47. The van der Waals surface area contributed by atoms with E-state index in [2.05, 4.69) is 9.97 Å². The Kier molecular flexibility index (Phi) is 5.61. The number of carbonyl (C=O) groups is 1. The fourth-order valence-electron chi connectivity index (χ4n) is 3.43. The lowest BCUT2D eigenvalue weighted by Crippen LogP contribution is -2.42. The molecule has 3 rings (SSSR count). The van der Waals surface area contributed by atoms with Crippen molar-refractivity contribution in [3.05, 3.63) is 35.1 Å². The van der Waals surface area contributed by atoms with Crippen molar-refractivity contribution in [2.45, 2.75) is 25.8 Å². The Balaban J connectivity index is 1.95. The van der Waals surface area contributed by atoms with Crippen molar-refractivity contribution >= 4 is 27.4 Å². The number of hydrogen-bond acceptors (Lipinski definition) is 8. The van der Waals surface area contributed by atoms with Gasteiger partial charge in [-0.15, -0.1) is 0 Å². The minimum absolute atomic E-state index is 0.0876. The minimum atomic E-state index is -3.17. The maximum Gasteiger partial charge on any atom is 0.222 e. The molecule has 1 aliphatic carbocycles. The molecule has 1 atom stereocenters. The number of aryl methyl sites for hydroxylation is 1. The van der Waals surface area contributed by atoms with E-state index in [1.165, 1.54) is 6.26 Å². The second-order valence-electron chi connectivity index (χ2n) is 6.98. The van der Waals surface area contributed by atoms with Crippen molar-refractivity contribution in [2.24, 2.45) is 0 Å². The molecule has 27 heavy (non-hydrogen) atoms. The maximum atomic E-state index is 12.8. The zero-order chi connectivity index (χ0) is 19.6. The van der Waals surface area contributed by atoms with Crippen LogP contribution in [0.4, 0.5) is 11.8 Å². The molecule has 2 N–H and O–H groups in total. The monoisotopic (exact) mass is 392 g/mol. The number of rotatable bonds is 4. The van der Waals surface area contributed by atoms with Gasteiger partial charge in [-0.1, -0.05) is 12.2 Å². The highest BCUT2D eigenvalue weighted by Crippen LogP contribution is 2.27. The van der Waals surface area contributed by atoms with Crippen molar-refractivity contribution in [3.63, 3.8) is 0 Å². The van der Waals surface area contributed by atoms with Crippen molar-refractivity contribution in [1.29, 1.82) is 0 Å². The molecule has 1 fully saturated rings. The lowest BCUT2D eigenvalue weighted by molar-refractivity contribution is -0.115. The van der Waals surface area contributed by atoms with Crippen LogP contribution in [0.25, 0.3) is 0 Å². The van der Waals surface area contributed by atoms with Gasteiger partial charge in [-0.2, -0.15) is 4.98 Å². The number of sulfone groups is 1. The summed E-state index contributed by atoms with van der Waals surface area (Å²) in [5, 5.41) is 0. The van der Waals surface area contributed by atoms with Gasteiger partial charge in [-0.05, 0) is 18.9 Å². The maximum absolute atomic E-state index is 12.8. The van der Waals surface area contributed by atoms with Crippen LogP contribution in [-0.4, -0.2) is 62.0 Å². The molecule has 0 amide bonds. The molecule has 0 radical (unpaired) electrons. The summed E-state index contributed by atoms with van der Waals surface area (Å²) in [5.41, 5.74) is 7.76. The van der Waals surface area contributed by atoms with Gasteiger partial charge in [0.05, 0.1) is 18.4 Å². The first kappa shape index (κ1) is 19.5. The molecule has 2 heterocycles. The molecule has 0 saturated carbocycles. The smallest absolute Gasteiger partial charge is 0.222 e. The summed E-state index contributed by atoms with van der Waals surface area (Å²) >= 11 is 0. The van der Waals surface area contributed by atoms with Gasteiger partial charge >= 0.3 is 0 Å². The van der Waals surface area contributed by atoms with E-state index in [-0.39, 0.29) is 29.9 Å². The third-order valence-electron chi connectivity index (χ3n) is 4.51. The van der Waals surface area contributed by atoms with E-state index in [1.54, 1.807) is 12.2 Å². The summed E-state index contributed by atoms with van der Waals surface area (Å²) < 4.78 is 28.7. The van der Waals surface area contributed by atoms with E-state index in [0.29, 0.717) is 36.7 Å². The molecule has 0 spiro atoms. The summed E-state index contributed by atoms with van der Waals surface area (Å²) in [5.74, 6) is 0.661. The number of ether oxygens (including phenoxy) is 1. The average molecular weight is 392 g/mol. The van der Waals surface area contributed by atoms with E-state index in [0.717, 1.165) is 12.1 Å². The Hall–Kier alpha value is -2.26. The van der Waals surface area contributed by atoms with Gasteiger partial charge in [0.1, 0.15) is 5.82 Å². The van der Waals surface area contributed by atoms with E-state index in [4.69, 9.17) is 10.5 Å². The van der Waals surface area contributed by atoms with Gasteiger partial charge in [0.2, 0.25) is 5.95 Å². The Morgan fingerprint density at radius 2 is 2.11 bits per heavy atom. The van der Waals surface area contributed by atoms with Crippen LogP contribution in [0.15, 0.2) is 29.4 Å². The number of nitrogens with zero attached hydrogens (tertiary/aromatic N) is 3. The predicted molar refractivity (Wildman–Crippen MR) is 103 cm³/mol. The summed E-state index contributed by atoms with van der Waals surface area (Å²) in [7, 11) is -3.17.